The average Bonchev–Trinajstić information content (AvgIpc) is 2.42. The van der Waals surface area contributed by atoms with Gasteiger partial charge in [-0.05, 0) is 52.0 Å². The monoisotopic (exact) mass is 213 g/mol. The third-order valence-corrected chi connectivity index (χ3v) is 3.57. The number of ether oxygens (including phenoxy) is 1. The highest BCUT2D eigenvalue weighted by atomic mass is 16.5. The molecule has 1 saturated carbocycles. The van der Waals surface area contributed by atoms with Gasteiger partial charge in [0.1, 0.15) is 0 Å². The van der Waals surface area contributed by atoms with E-state index in [1.807, 2.05) is 0 Å². The fraction of sp³-hybridized carbons (Fsp3) is 1.00. The van der Waals surface area contributed by atoms with Gasteiger partial charge in [-0.25, -0.2) is 0 Å². The highest BCUT2D eigenvalue weighted by Crippen LogP contribution is 2.29. The summed E-state index contributed by atoms with van der Waals surface area (Å²) in [6.45, 7) is 6.33. The molecule has 15 heavy (non-hydrogen) atoms. The molecular formula is C12H23NO2. The second kappa shape index (κ2) is 4.40. The van der Waals surface area contributed by atoms with E-state index in [9.17, 15) is 0 Å². The summed E-state index contributed by atoms with van der Waals surface area (Å²) in [4.78, 5) is 0. The fourth-order valence-corrected chi connectivity index (χ4v) is 2.54. The molecule has 3 heteroatoms. The Morgan fingerprint density at radius 1 is 1.33 bits per heavy atom. The van der Waals surface area contributed by atoms with Crippen LogP contribution in [0.3, 0.4) is 0 Å². The van der Waals surface area contributed by atoms with Crippen LogP contribution in [0, 0.1) is 5.92 Å². The molecule has 1 saturated heterocycles. The molecule has 1 atom stereocenters. The maximum Gasteiger partial charge on any atom is 0.0707 e. The first-order chi connectivity index (χ1) is 7.05. The molecule has 2 N–H and O–H groups in total. The van der Waals surface area contributed by atoms with Crippen molar-refractivity contribution in [2.24, 2.45) is 5.92 Å². The second-order valence-electron chi connectivity index (χ2n) is 5.69. The first-order valence-electron chi connectivity index (χ1n) is 6.12. The molecule has 0 aromatic carbocycles. The van der Waals surface area contributed by atoms with Crippen molar-refractivity contribution in [3.8, 4) is 0 Å². The van der Waals surface area contributed by atoms with Gasteiger partial charge in [-0.2, -0.15) is 0 Å². The van der Waals surface area contributed by atoms with Crippen molar-refractivity contribution >= 4 is 0 Å². The third kappa shape index (κ3) is 3.16. The molecule has 1 heterocycles. The number of nitrogens with one attached hydrogen (secondary N) is 1. The first-order valence-corrected chi connectivity index (χ1v) is 6.12. The summed E-state index contributed by atoms with van der Waals surface area (Å²) < 4.78 is 5.89. The smallest absolute Gasteiger partial charge is 0.0707 e. The van der Waals surface area contributed by atoms with Crippen LogP contribution in [0.1, 0.15) is 39.5 Å². The molecule has 0 radical (unpaired) electrons. The lowest BCUT2D eigenvalue weighted by molar-refractivity contribution is -0.0160. The summed E-state index contributed by atoms with van der Waals surface area (Å²) in [6, 6.07) is 0. The van der Waals surface area contributed by atoms with Gasteiger partial charge in [0.15, 0.2) is 0 Å². The number of rotatable bonds is 4. The van der Waals surface area contributed by atoms with E-state index in [0.29, 0.717) is 12.0 Å². The zero-order valence-corrected chi connectivity index (χ0v) is 9.83. The topological polar surface area (TPSA) is 41.5 Å². The van der Waals surface area contributed by atoms with Crippen LogP contribution in [-0.2, 0) is 4.74 Å². The van der Waals surface area contributed by atoms with Crippen molar-refractivity contribution in [2.75, 3.05) is 13.1 Å². The molecule has 0 spiro atoms. The van der Waals surface area contributed by atoms with Crippen molar-refractivity contribution in [1.29, 1.82) is 0 Å². The Morgan fingerprint density at radius 3 is 2.60 bits per heavy atom. The van der Waals surface area contributed by atoms with Gasteiger partial charge in [-0.1, -0.05) is 0 Å². The van der Waals surface area contributed by atoms with Gasteiger partial charge in [0.25, 0.3) is 0 Å². The minimum atomic E-state index is -0.0292. The number of aliphatic hydroxyl groups excluding tert-OH is 1. The molecule has 1 unspecified atom stereocenters. The quantitative estimate of drug-likeness (QED) is 0.739. The molecule has 88 valence electrons. The van der Waals surface area contributed by atoms with Gasteiger partial charge in [0, 0.05) is 6.54 Å². The second-order valence-corrected chi connectivity index (χ2v) is 5.69. The van der Waals surface area contributed by atoms with Gasteiger partial charge in [0.05, 0.1) is 17.8 Å². The van der Waals surface area contributed by atoms with E-state index in [2.05, 4.69) is 19.2 Å². The normalized spacial score (nSPS) is 39.0. The maximum absolute atomic E-state index is 9.15. The minimum Gasteiger partial charge on any atom is -0.393 e. The van der Waals surface area contributed by atoms with Crippen molar-refractivity contribution in [3.63, 3.8) is 0 Å². The molecule has 3 nitrogen and oxygen atoms in total. The van der Waals surface area contributed by atoms with Crippen molar-refractivity contribution in [2.45, 2.75) is 57.3 Å². The Morgan fingerprint density at radius 2 is 2.07 bits per heavy atom. The number of aliphatic hydroxyl groups is 1. The standard InChI is InChI=1S/C12H23NO2/c1-12(2)4-3-11(15-12)8-13-7-9-5-10(14)6-9/h9-11,13-14H,3-8H2,1-2H3. The summed E-state index contributed by atoms with van der Waals surface area (Å²) in [5.74, 6) is 0.689. The number of hydrogen-bond acceptors (Lipinski definition) is 3. The molecule has 2 rings (SSSR count). The molecule has 1 aliphatic heterocycles. The van der Waals surface area contributed by atoms with E-state index < -0.39 is 0 Å². The lowest BCUT2D eigenvalue weighted by Crippen LogP contribution is -2.39. The van der Waals surface area contributed by atoms with Crippen LogP contribution in [0.4, 0.5) is 0 Å². The highest BCUT2D eigenvalue weighted by molar-refractivity contribution is 4.84. The maximum atomic E-state index is 9.15. The lowest BCUT2D eigenvalue weighted by Gasteiger charge is -2.31. The van der Waals surface area contributed by atoms with E-state index >= 15 is 0 Å². The third-order valence-electron chi connectivity index (χ3n) is 3.57. The van der Waals surface area contributed by atoms with E-state index in [4.69, 9.17) is 9.84 Å². The summed E-state index contributed by atoms with van der Waals surface area (Å²) in [7, 11) is 0. The van der Waals surface area contributed by atoms with Crippen LogP contribution >= 0.6 is 0 Å². The van der Waals surface area contributed by atoms with Crippen molar-refractivity contribution < 1.29 is 9.84 Å². The van der Waals surface area contributed by atoms with E-state index in [1.165, 1.54) is 12.8 Å². The predicted molar refractivity (Wildman–Crippen MR) is 59.8 cm³/mol. The Kier molecular flexibility index (Phi) is 3.33. The molecule has 0 bridgehead atoms. The average molecular weight is 213 g/mol. The summed E-state index contributed by atoms with van der Waals surface area (Å²) in [6.07, 6.45) is 4.66. The molecule has 2 fully saturated rings. The first kappa shape index (κ1) is 11.4. The molecule has 2 aliphatic rings. The molecule has 0 aromatic rings. The summed E-state index contributed by atoms with van der Waals surface area (Å²) in [5.41, 5.74) is 0.0824. The van der Waals surface area contributed by atoms with Crippen molar-refractivity contribution in [1.82, 2.24) is 5.32 Å². The molecule has 0 aromatic heterocycles. The van der Waals surface area contributed by atoms with Crippen LogP contribution in [0.2, 0.25) is 0 Å². The lowest BCUT2D eigenvalue weighted by atomic mass is 9.82. The van der Waals surface area contributed by atoms with Gasteiger partial charge < -0.3 is 15.2 Å². The number of hydrogen-bond donors (Lipinski definition) is 2. The van der Waals surface area contributed by atoms with Crippen LogP contribution in [0.15, 0.2) is 0 Å². The molecule has 0 amide bonds. The predicted octanol–water partition coefficient (Wildman–Crippen LogP) is 1.30. The fourth-order valence-electron chi connectivity index (χ4n) is 2.54. The van der Waals surface area contributed by atoms with Crippen LogP contribution in [0.5, 0.6) is 0 Å². The van der Waals surface area contributed by atoms with Crippen LogP contribution in [0.25, 0.3) is 0 Å². The Bertz CT molecular complexity index is 212. The highest BCUT2D eigenvalue weighted by Gasteiger charge is 2.32. The van der Waals surface area contributed by atoms with Crippen LogP contribution in [-0.4, -0.2) is 36.0 Å². The largest absolute Gasteiger partial charge is 0.393 e. The Labute approximate surface area is 92.2 Å². The minimum absolute atomic E-state index is 0.0292. The summed E-state index contributed by atoms with van der Waals surface area (Å²) in [5, 5.41) is 12.6. The van der Waals surface area contributed by atoms with Crippen molar-refractivity contribution in [3.05, 3.63) is 0 Å². The van der Waals surface area contributed by atoms with E-state index in [0.717, 1.165) is 25.9 Å². The zero-order valence-electron chi connectivity index (χ0n) is 9.83. The zero-order chi connectivity index (χ0) is 10.9. The molecular weight excluding hydrogens is 190 g/mol. The summed E-state index contributed by atoms with van der Waals surface area (Å²) >= 11 is 0. The van der Waals surface area contributed by atoms with Gasteiger partial charge >= 0.3 is 0 Å². The Balaban J connectivity index is 1.55. The van der Waals surface area contributed by atoms with Gasteiger partial charge in [0.2, 0.25) is 0 Å². The van der Waals surface area contributed by atoms with E-state index in [-0.39, 0.29) is 11.7 Å². The Hall–Kier alpha value is -0.120. The van der Waals surface area contributed by atoms with Crippen LogP contribution < -0.4 is 5.32 Å². The van der Waals surface area contributed by atoms with E-state index in [1.54, 1.807) is 0 Å². The molecule has 1 aliphatic carbocycles. The van der Waals surface area contributed by atoms with Gasteiger partial charge in [-0.15, -0.1) is 0 Å². The SMILES string of the molecule is CC1(C)CCC(CNCC2CC(O)C2)O1. The van der Waals surface area contributed by atoms with Gasteiger partial charge in [-0.3, -0.25) is 0 Å².